The Morgan fingerprint density at radius 3 is 2.94 bits per heavy atom. The molecule has 0 saturated carbocycles. The Labute approximate surface area is 105 Å². The molecular weight excluding hydrogens is 228 g/mol. The summed E-state index contributed by atoms with van der Waals surface area (Å²) in [4.78, 5) is 20.4. The highest BCUT2D eigenvalue weighted by molar-refractivity contribution is 6.04. The number of amides is 1. The van der Waals surface area contributed by atoms with E-state index >= 15 is 0 Å². The molecule has 5 nitrogen and oxygen atoms in total. The summed E-state index contributed by atoms with van der Waals surface area (Å²) in [6, 6.07) is 5.35. The highest BCUT2D eigenvalue weighted by Crippen LogP contribution is 2.13. The Hall–Kier alpha value is -2.01. The van der Waals surface area contributed by atoms with E-state index in [0.717, 1.165) is 6.42 Å². The van der Waals surface area contributed by atoms with Crippen molar-refractivity contribution < 1.29 is 4.79 Å². The molecule has 1 atom stereocenters. The number of fused-ring (bicyclic) bond motifs is 1. The van der Waals surface area contributed by atoms with Crippen molar-refractivity contribution in [2.45, 2.75) is 19.4 Å². The molecule has 1 aromatic carbocycles. The van der Waals surface area contributed by atoms with Crippen LogP contribution in [-0.2, 0) is 0 Å². The second-order valence-electron chi connectivity index (χ2n) is 4.11. The molecular formula is C13H16N4O. The number of hydrogen-bond donors (Lipinski definition) is 2. The number of para-hydroxylation sites is 1. The number of carbonyl (C=O) groups is 1. The summed E-state index contributed by atoms with van der Waals surface area (Å²) in [5, 5.41) is 2.81. The summed E-state index contributed by atoms with van der Waals surface area (Å²) in [5.41, 5.74) is 7.63. The van der Waals surface area contributed by atoms with Gasteiger partial charge in [-0.3, -0.25) is 14.8 Å². The van der Waals surface area contributed by atoms with Gasteiger partial charge in [0.1, 0.15) is 5.52 Å². The molecule has 2 aromatic rings. The highest BCUT2D eigenvalue weighted by Gasteiger charge is 2.11. The first kappa shape index (κ1) is 12.4. The van der Waals surface area contributed by atoms with Gasteiger partial charge in [-0.1, -0.05) is 13.0 Å². The van der Waals surface area contributed by atoms with Crippen LogP contribution < -0.4 is 11.1 Å². The molecule has 0 aliphatic heterocycles. The quantitative estimate of drug-likeness (QED) is 0.843. The van der Waals surface area contributed by atoms with Crippen molar-refractivity contribution in [3.63, 3.8) is 0 Å². The highest BCUT2D eigenvalue weighted by atomic mass is 16.1. The molecule has 2 rings (SSSR count). The number of nitrogens with one attached hydrogen (secondary N) is 1. The average Bonchev–Trinajstić information content (AvgIpc) is 2.43. The van der Waals surface area contributed by atoms with Gasteiger partial charge >= 0.3 is 0 Å². The van der Waals surface area contributed by atoms with Gasteiger partial charge in [-0.05, 0) is 18.6 Å². The van der Waals surface area contributed by atoms with Gasteiger partial charge in [0.2, 0.25) is 0 Å². The van der Waals surface area contributed by atoms with Crippen molar-refractivity contribution in [2.24, 2.45) is 5.73 Å². The zero-order valence-electron chi connectivity index (χ0n) is 10.3. The fourth-order valence-electron chi connectivity index (χ4n) is 1.64. The zero-order valence-corrected chi connectivity index (χ0v) is 10.3. The van der Waals surface area contributed by atoms with Crippen molar-refractivity contribution in [1.29, 1.82) is 0 Å². The van der Waals surface area contributed by atoms with Crippen LogP contribution in [0.2, 0.25) is 0 Å². The third-order valence-corrected chi connectivity index (χ3v) is 2.79. The summed E-state index contributed by atoms with van der Waals surface area (Å²) >= 11 is 0. The maximum Gasteiger partial charge on any atom is 0.253 e. The molecule has 0 saturated heterocycles. The molecule has 94 valence electrons. The third kappa shape index (κ3) is 2.62. The fourth-order valence-corrected chi connectivity index (χ4v) is 1.64. The van der Waals surface area contributed by atoms with Crippen molar-refractivity contribution in [3.8, 4) is 0 Å². The Balaban J connectivity index is 2.22. The molecule has 1 heterocycles. The number of nitrogens with zero attached hydrogens (tertiary/aromatic N) is 2. The molecule has 0 fully saturated rings. The number of rotatable bonds is 4. The van der Waals surface area contributed by atoms with Gasteiger partial charge < -0.3 is 11.1 Å². The van der Waals surface area contributed by atoms with Crippen LogP contribution in [0.15, 0.2) is 30.6 Å². The van der Waals surface area contributed by atoms with E-state index in [2.05, 4.69) is 15.3 Å². The molecule has 0 aliphatic carbocycles. The molecule has 0 spiro atoms. The first-order chi connectivity index (χ1) is 8.72. The summed E-state index contributed by atoms with van der Waals surface area (Å²) in [5.74, 6) is -0.162. The van der Waals surface area contributed by atoms with Crippen LogP contribution in [-0.4, -0.2) is 28.5 Å². The molecule has 0 radical (unpaired) electrons. The largest absolute Gasteiger partial charge is 0.350 e. The minimum Gasteiger partial charge on any atom is -0.350 e. The van der Waals surface area contributed by atoms with E-state index in [0.29, 0.717) is 23.1 Å². The minimum absolute atomic E-state index is 0.0185. The summed E-state index contributed by atoms with van der Waals surface area (Å²) in [6.45, 7) is 2.45. The molecule has 0 aliphatic rings. The predicted molar refractivity (Wildman–Crippen MR) is 70.1 cm³/mol. The molecule has 18 heavy (non-hydrogen) atoms. The summed E-state index contributed by atoms with van der Waals surface area (Å²) < 4.78 is 0. The van der Waals surface area contributed by atoms with Crippen molar-refractivity contribution in [2.75, 3.05) is 6.54 Å². The number of nitrogens with two attached hydrogens (primary N) is 1. The van der Waals surface area contributed by atoms with Crippen LogP contribution in [0.1, 0.15) is 23.7 Å². The van der Waals surface area contributed by atoms with Gasteiger partial charge in [0.25, 0.3) is 5.91 Å². The van der Waals surface area contributed by atoms with Crippen LogP contribution in [0, 0.1) is 0 Å². The molecule has 0 bridgehead atoms. The van der Waals surface area contributed by atoms with Gasteiger partial charge in [-0.15, -0.1) is 0 Å². The predicted octanol–water partition coefficient (Wildman–Crippen LogP) is 1.10. The lowest BCUT2D eigenvalue weighted by atomic mass is 10.1. The Morgan fingerprint density at radius 2 is 2.17 bits per heavy atom. The lowest BCUT2D eigenvalue weighted by Crippen LogP contribution is -2.36. The number of aromatic nitrogens is 2. The smallest absolute Gasteiger partial charge is 0.253 e. The van der Waals surface area contributed by atoms with E-state index in [-0.39, 0.29) is 11.9 Å². The lowest BCUT2D eigenvalue weighted by molar-refractivity contribution is 0.0952. The number of hydrogen-bond acceptors (Lipinski definition) is 4. The van der Waals surface area contributed by atoms with Gasteiger partial charge in [0.05, 0.1) is 11.1 Å². The van der Waals surface area contributed by atoms with E-state index in [1.807, 2.05) is 13.0 Å². The fraction of sp³-hybridized carbons (Fsp3) is 0.308. The Kier molecular flexibility index (Phi) is 3.84. The van der Waals surface area contributed by atoms with E-state index < -0.39 is 0 Å². The molecule has 1 aromatic heterocycles. The van der Waals surface area contributed by atoms with E-state index in [1.165, 1.54) is 0 Å². The van der Waals surface area contributed by atoms with Gasteiger partial charge in [-0.25, -0.2) is 0 Å². The average molecular weight is 244 g/mol. The molecule has 1 unspecified atom stereocenters. The topological polar surface area (TPSA) is 80.9 Å². The number of benzene rings is 1. The minimum atomic E-state index is -0.162. The molecule has 5 heteroatoms. The van der Waals surface area contributed by atoms with E-state index in [1.54, 1.807) is 24.5 Å². The van der Waals surface area contributed by atoms with Gasteiger partial charge in [-0.2, -0.15) is 0 Å². The Bertz CT molecular complexity index is 550. The molecule has 1 amide bonds. The second-order valence-corrected chi connectivity index (χ2v) is 4.11. The van der Waals surface area contributed by atoms with Crippen LogP contribution in [0.25, 0.3) is 11.0 Å². The standard InChI is InChI=1S/C13H16N4O/c1-2-9(14)8-17-13(18)10-4-3-5-11-12(10)16-7-6-15-11/h3-7,9H,2,8,14H2,1H3,(H,17,18). The molecule has 3 N–H and O–H groups in total. The van der Waals surface area contributed by atoms with Crippen LogP contribution in [0.3, 0.4) is 0 Å². The van der Waals surface area contributed by atoms with Crippen LogP contribution >= 0.6 is 0 Å². The van der Waals surface area contributed by atoms with Crippen molar-refractivity contribution >= 4 is 16.9 Å². The van der Waals surface area contributed by atoms with Crippen molar-refractivity contribution in [1.82, 2.24) is 15.3 Å². The third-order valence-electron chi connectivity index (χ3n) is 2.79. The van der Waals surface area contributed by atoms with Crippen LogP contribution in [0.5, 0.6) is 0 Å². The number of carbonyl (C=O) groups excluding carboxylic acids is 1. The maximum absolute atomic E-state index is 12.0. The lowest BCUT2D eigenvalue weighted by Gasteiger charge is -2.11. The van der Waals surface area contributed by atoms with E-state index in [9.17, 15) is 4.79 Å². The first-order valence-corrected chi connectivity index (χ1v) is 5.96. The monoisotopic (exact) mass is 244 g/mol. The van der Waals surface area contributed by atoms with Crippen molar-refractivity contribution in [3.05, 3.63) is 36.2 Å². The first-order valence-electron chi connectivity index (χ1n) is 5.96. The van der Waals surface area contributed by atoms with Gasteiger partial charge in [0.15, 0.2) is 0 Å². The van der Waals surface area contributed by atoms with Gasteiger partial charge in [0, 0.05) is 25.0 Å². The normalized spacial score (nSPS) is 12.3. The van der Waals surface area contributed by atoms with Crippen LogP contribution in [0.4, 0.5) is 0 Å². The second kappa shape index (κ2) is 5.55. The summed E-state index contributed by atoms with van der Waals surface area (Å²) in [7, 11) is 0. The Morgan fingerprint density at radius 1 is 1.39 bits per heavy atom. The summed E-state index contributed by atoms with van der Waals surface area (Å²) in [6.07, 6.45) is 4.02. The SMILES string of the molecule is CCC(N)CNC(=O)c1cccc2nccnc12. The zero-order chi connectivity index (χ0) is 13.0. The van der Waals surface area contributed by atoms with E-state index in [4.69, 9.17) is 5.73 Å². The maximum atomic E-state index is 12.0.